The first-order chi connectivity index (χ1) is 13.9. The number of carbonyl (C=O) groups excluding carboxylic acids is 2. The SMILES string of the molecule is Cc1cc(C)c2c(N)c(C(=O)NNC(=O)CCn3ccc4ccccc43)sc2n1. The Morgan fingerprint density at radius 1 is 1.17 bits per heavy atom. The summed E-state index contributed by atoms with van der Waals surface area (Å²) in [6, 6.07) is 11.9. The number of aryl methyl sites for hydroxylation is 3. The van der Waals surface area contributed by atoms with E-state index in [1.54, 1.807) is 0 Å². The lowest BCUT2D eigenvalue weighted by molar-refractivity contribution is -0.122. The molecule has 2 amide bonds. The minimum Gasteiger partial charge on any atom is -0.397 e. The van der Waals surface area contributed by atoms with Gasteiger partial charge >= 0.3 is 0 Å². The van der Waals surface area contributed by atoms with Crippen LogP contribution in [-0.4, -0.2) is 21.4 Å². The molecule has 148 valence electrons. The van der Waals surface area contributed by atoms with Gasteiger partial charge in [0.2, 0.25) is 5.91 Å². The Kier molecular flexibility index (Phi) is 4.94. The van der Waals surface area contributed by atoms with E-state index in [4.69, 9.17) is 5.73 Å². The number of aromatic nitrogens is 2. The maximum Gasteiger partial charge on any atom is 0.281 e. The van der Waals surface area contributed by atoms with E-state index in [1.165, 1.54) is 11.3 Å². The number of carbonyl (C=O) groups is 2. The highest BCUT2D eigenvalue weighted by molar-refractivity contribution is 7.21. The maximum atomic E-state index is 12.5. The number of thiophene rings is 1. The third kappa shape index (κ3) is 3.66. The summed E-state index contributed by atoms with van der Waals surface area (Å²) < 4.78 is 2.01. The third-order valence-corrected chi connectivity index (χ3v) is 5.90. The number of nitrogen functional groups attached to an aromatic ring is 1. The van der Waals surface area contributed by atoms with Crippen LogP contribution in [0.1, 0.15) is 27.3 Å². The van der Waals surface area contributed by atoms with Crippen LogP contribution >= 0.6 is 11.3 Å². The second-order valence-electron chi connectivity index (χ2n) is 6.93. The van der Waals surface area contributed by atoms with Crippen LogP contribution in [0.4, 0.5) is 5.69 Å². The molecule has 7 nitrogen and oxygen atoms in total. The lowest BCUT2D eigenvalue weighted by Gasteiger charge is -2.08. The molecule has 1 aromatic carbocycles. The number of hydrogen-bond donors (Lipinski definition) is 3. The number of amides is 2. The number of anilines is 1. The fourth-order valence-electron chi connectivity index (χ4n) is 3.44. The summed E-state index contributed by atoms with van der Waals surface area (Å²) in [6.45, 7) is 4.35. The predicted molar refractivity (Wildman–Crippen MR) is 116 cm³/mol. The van der Waals surface area contributed by atoms with Crippen molar-refractivity contribution < 1.29 is 9.59 Å². The Morgan fingerprint density at radius 2 is 1.97 bits per heavy atom. The molecule has 0 radical (unpaired) electrons. The van der Waals surface area contributed by atoms with Crippen LogP contribution in [0.5, 0.6) is 0 Å². The highest BCUT2D eigenvalue weighted by Gasteiger charge is 2.19. The smallest absolute Gasteiger partial charge is 0.281 e. The van der Waals surface area contributed by atoms with Gasteiger partial charge in [-0.3, -0.25) is 20.4 Å². The van der Waals surface area contributed by atoms with E-state index in [0.29, 0.717) is 17.1 Å². The largest absolute Gasteiger partial charge is 0.397 e. The van der Waals surface area contributed by atoms with Gasteiger partial charge in [-0.2, -0.15) is 0 Å². The van der Waals surface area contributed by atoms with Crippen LogP contribution in [0.25, 0.3) is 21.1 Å². The summed E-state index contributed by atoms with van der Waals surface area (Å²) in [4.78, 5) is 30.2. The molecule has 4 rings (SSSR count). The van der Waals surface area contributed by atoms with Crippen molar-refractivity contribution in [3.05, 3.63) is 58.7 Å². The van der Waals surface area contributed by atoms with Gasteiger partial charge in [0.05, 0.1) is 5.69 Å². The molecule has 0 fully saturated rings. The van der Waals surface area contributed by atoms with E-state index in [1.807, 2.05) is 61.0 Å². The molecule has 4 aromatic rings. The number of hydrazine groups is 1. The van der Waals surface area contributed by atoms with E-state index in [0.717, 1.165) is 32.4 Å². The van der Waals surface area contributed by atoms with Crippen molar-refractivity contribution in [1.29, 1.82) is 0 Å². The average molecular weight is 407 g/mol. The number of rotatable bonds is 4. The molecule has 0 unspecified atom stereocenters. The number of nitrogens with one attached hydrogen (secondary N) is 2. The molecule has 0 bridgehead atoms. The molecular weight excluding hydrogens is 386 g/mol. The van der Waals surface area contributed by atoms with Crippen molar-refractivity contribution in [3.8, 4) is 0 Å². The molecule has 0 aliphatic rings. The zero-order chi connectivity index (χ0) is 20.5. The van der Waals surface area contributed by atoms with Crippen molar-refractivity contribution in [1.82, 2.24) is 20.4 Å². The van der Waals surface area contributed by atoms with Crippen LogP contribution in [0.3, 0.4) is 0 Å². The molecule has 0 saturated heterocycles. The highest BCUT2D eigenvalue weighted by Crippen LogP contribution is 2.34. The minimum atomic E-state index is -0.442. The molecule has 0 aliphatic carbocycles. The first-order valence-electron chi connectivity index (χ1n) is 9.23. The fraction of sp³-hybridized carbons (Fsp3) is 0.190. The Bertz CT molecular complexity index is 1240. The lowest BCUT2D eigenvalue weighted by atomic mass is 10.1. The topological polar surface area (TPSA) is 102 Å². The molecule has 0 atom stereocenters. The van der Waals surface area contributed by atoms with E-state index < -0.39 is 5.91 Å². The number of fused-ring (bicyclic) bond motifs is 2. The standard InChI is InChI=1S/C21H21N5O2S/c1-12-11-13(2)23-21-17(12)18(22)19(29-21)20(28)25-24-16(27)8-10-26-9-7-14-5-3-4-6-15(14)26/h3-7,9,11H,8,10,22H2,1-2H3,(H,24,27)(H,25,28). The second-order valence-corrected chi connectivity index (χ2v) is 7.92. The summed E-state index contributed by atoms with van der Waals surface area (Å²) in [5, 5.41) is 1.91. The molecule has 0 aliphatic heterocycles. The van der Waals surface area contributed by atoms with Crippen molar-refractivity contribution >= 4 is 50.0 Å². The first-order valence-corrected chi connectivity index (χ1v) is 10.0. The molecule has 4 N–H and O–H groups in total. The number of nitrogens with zero attached hydrogens (tertiary/aromatic N) is 2. The van der Waals surface area contributed by atoms with Gasteiger partial charge in [-0.25, -0.2) is 4.98 Å². The molecule has 3 heterocycles. The summed E-state index contributed by atoms with van der Waals surface area (Å²) >= 11 is 1.22. The third-order valence-electron chi connectivity index (χ3n) is 4.81. The maximum absolute atomic E-state index is 12.5. The molecule has 29 heavy (non-hydrogen) atoms. The molecule has 0 spiro atoms. The summed E-state index contributed by atoms with van der Waals surface area (Å²) in [6.07, 6.45) is 2.19. The van der Waals surface area contributed by atoms with Gasteiger partial charge in [0.15, 0.2) is 0 Å². The zero-order valence-corrected chi connectivity index (χ0v) is 17.0. The summed E-state index contributed by atoms with van der Waals surface area (Å²) in [7, 11) is 0. The number of hydrogen-bond acceptors (Lipinski definition) is 5. The van der Waals surface area contributed by atoms with Gasteiger partial charge in [-0.15, -0.1) is 11.3 Å². The van der Waals surface area contributed by atoms with Gasteiger partial charge in [-0.1, -0.05) is 18.2 Å². The predicted octanol–water partition coefficient (Wildman–Crippen LogP) is 3.30. The molecular formula is C21H21N5O2S. The van der Waals surface area contributed by atoms with E-state index in [-0.39, 0.29) is 12.3 Å². The van der Waals surface area contributed by atoms with Gasteiger partial charge in [0.25, 0.3) is 5.91 Å². The first kappa shape index (κ1) is 18.9. The zero-order valence-electron chi connectivity index (χ0n) is 16.2. The Labute approximate surface area is 171 Å². The normalized spacial score (nSPS) is 11.1. The van der Waals surface area contributed by atoms with E-state index in [9.17, 15) is 9.59 Å². The Hall–Kier alpha value is -3.39. The highest BCUT2D eigenvalue weighted by atomic mass is 32.1. The monoisotopic (exact) mass is 407 g/mol. The van der Waals surface area contributed by atoms with E-state index in [2.05, 4.69) is 15.8 Å². The van der Waals surface area contributed by atoms with Gasteiger partial charge in [0.1, 0.15) is 9.71 Å². The van der Waals surface area contributed by atoms with Gasteiger partial charge in [0, 0.05) is 35.8 Å². The summed E-state index contributed by atoms with van der Waals surface area (Å²) in [5.74, 6) is -0.719. The fourth-order valence-corrected chi connectivity index (χ4v) is 4.55. The quantitative estimate of drug-likeness (QED) is 0.452. The van der Waals surface area contributed by atoms with Crippen molar-refractivity contribution in [2.24, 2.45) is 0 Å². The number of benzene rings is 1. The van der Waals surface area contributed by atoms with Crippen molar-refractivity contribution in [3.63, 3.8) is 0 Å². The van der Waals surface area contributed by atoms with Gasteiger partial charge in [-0.05, 0) is 43.0 Å². The lowest BCUT2D eigenvalue weighted by Crippen LogP contribution is -2.41. The van der Waals surface area contributed by atoms with Crippen LogP contribution in [-0.2, 0) is 11.3 Å². The van der Waals surface area contributed by atoms with Gasteiger partial charge < -0.3 is 10.3 Å². The van der Waals surface area contributed by atoms with Crippen LogP contribution < -0.4 is 16.6 Å². The van der Waals surface area contributed by atoms with Crippen LogP contribution in [0, 0.1) is 13.8 Å². The van der Waals surface area contributed by atoms with Crippen LogP contribution in [0.2, 0.25) is 0 Å². The molecule has 3 aromatic heterocycles. The summed E-state index contributed by atoms with van der Waals surface area (Å²) in [5.41, 5.74) is 14.4. The minimum absolute atomic E-state index is 0.237. The Balaban J connectivity index is 1.39. The number of nitrogens with two attached hydrogens (primary N) is 1. The van der Waals surface area contributed by atoms with Crippen molar-refractivity contribution in [2.45, 2.75) is 26.8 Å². The Morgan fingerprint density at radius 3 is 2.79 bits per heavy atom. The van der Waals surface area contributed by atoms with E-state index >= 15 is 0 Å². The van der Waals surface area contributed by atoms with Crippen molar-refractivity contribution in [2.75, 3.05) is 5.73 Å². The second kappa shape index (κ2) is 7.56. The molecule has 8 heteroatoms. The molecule has 0 saturated carbocycles. The number of para-hydroxylation sites is 1. The van der Waals surface area contributed by atoms with Crippen LogP contribution in [0.15, 0.2) is 42.6 Å². The average Bonchev–Trinajstić information content (AvgIpc) is 3.25. The number of pyridine rings is 1.